The Labute approximate surface area is 209 Å². The highest BCUT2D eigenvalue weighted by Gasteiger charge is 2.27. The Morgan fingerprint density at radius 1 is 0.971 bits per heavy atom. The highest BCUT2D eigenvalue weighted by Crippen LogP contribution is 2.25. The van der Waals surface area contributed by atoms with E-state index in [1.54, 1.807) is 6.07 Å². The van der Waals surface area contributed by atoms with E-state index in [2.05, 4.69) is 32.7 Å². The van der Waals surface area contributed by atoms with Crippen LogP contribution in [0.3, 0.4) is 0 Å². The van der Waals surface area contributed by atoms with Crippen LogP contribution in [0.25, 0.3) is 10.9 Å². The lowest BCUT2D eigenvalue weighted by atomic mass is 10.0. The number of hydrogen-bond donors (Lipinski definition) is 3. The van der Waals surface area contributed by atoms with Gasteiger partial charge in [-0.25, -0.2) is 0 Å². The van der Waals surface area contributed by atoms with Crippen LogP contribution in [0, 0.1) is 0 Å². The third-order valence-corrected chi connectivity index (χ3v) is 7.57. The standard InChI is InChI=1S/C28H30N4O2S/c33-27(30-19-25(32-14-6-7-15-32)20-9-2-1-3-10-20)24(31-28(34)26-13-8-16-35-26)17-21-18-29-23-12-5-4-11-22(21)23/h1-5,8-13,16,18,24-25,29H,6-7,14-15,17,19H2,(H,30,33)(H,31,34)/t24-,25+/m0/s1. The average molecular weight is 487 g/mol. The van der Waals surface area contributed by atoms with Gasteiger partial charge in [0.15, 0.2) is 0 Å². The van der Waals surface area contributed by atoms with Crippen molar-refractivity contribution in [3.05, 3.63) is 94.3 Å². The molecule has 1 saturated heterocycles. The van der Waals surface area contributed by atoms with Gasteiger partial charge >= 0.3 is 0 Å². The molecular weight excluding hydrogens is 456 g/mol. The molecule has 0 bridgehead atoms. The van der Waals surface area contributed by atoms with Crippen molar-refractivity contribution >= 4 is 34.1 Å². The van der Waals surface area contributed by atoms with Gasteiger partial charge in [-0.3, -0.25) is 14.5 Å². The van der Waals surface area contributed by atoms with Gasteiger partial charge in [0.1, 0.15) is 6.04 Å². The first-order valence-corrected chi connectivity index (χ1v) is 13.0. The minimum atomic E-state index is -0.682. The van der Waals surface area contributed by atoms with Gasteiger partial charge in [0, 0.05) is 30.1 Å². The van der Waals surface area contributed by atoms with E-state index in [1.165, 1.54) is 29.7 Å². The van der Waals surface area contributed by atoms with Gasteiger partial charge in [-0.05, 0) is 54.6 Å². The largest absolute Gasteiger partial charge is 0.361 e. The maximum absolute atomic E-state index is 13.5. The van der Waals surface area contributed by atoms with E-state index >= 15 is 0 Å². The van der Waals surface area contributed by atoms with Gasteiger partial charge in [-0.2, -0.15) is 0 Å². The summed E-state index contributed by atoms with van der Waals surface area (Å²) in [6.45, 7) is 2.56. The lowest BCUT2D eigenvalue weighted by Gasteiger charge is -2.29. The number of nitrogens with zero attached hydrogens (tertiary/aromatic N) is 1. The molecule has 180 valence electrons. The molecule has 3 heterocycles. The fraction of sp³-hybridized carbons (Fsp3) is 0.286. The summed E-state index contributed by atoms with van der Waals surface area (Å²) in [6, 6.07) is 21.4. The number of carbonyl (C=O) groups excluding carboxylic acids is 2. The van der Waals surface area contributed by atoms with E-state index < -0.39 is 6.04 Å². The number of fused-ring (bicyclic) bond motifs is 1. The van der Waals surface area contributed by atoms with Crippen LogP contribution in [0.2, 0.25) is 0 Å². The Morgan fingerprint density at radius 3 is 2.51 bits per heavy atom. The lowest BCUT2D eigenvalue weighted by molar-refractivity contribution is -0.123. The van der Waals surface area contributed by atoms with Crippen molar-refractivity contribution < 1.29 is 9.59 Å². The highest BCUT2D eigenvalue weighted by molar-refractivity contribution is 7.12. The molecule has 2 aromatic carbocycles. The molecule has 1 aliphatic heterocycles. The van der Waals surface area contributed by atoms with E-state index in [-0.39, 0.29) is 17.9 Å². The maximum atomic E-state index is 13.5. The van der Waals surface area contributed by atoms with Crippen molar-refractivity contribution in [3.63, 3.8) is 0 Å². The molecular formula is C28H30N4O2S. The number of amides is 2. The molecule has 7 heteroatoms. The number of nitrogens with one attached hydrogen (secondary N) is 3. The van der Waals surface area contributed by atoms with Crippen LogP contribution in [-0.4, -0.2) is 47.4 Å². The maximum Gasteiger partial charge on any atom is 0.262 e. The van der Waals surface area contributed by atoms with Crippen molar-refractivity contribution in [3.8, 4) is 0 Å². The molecule has 0 radical (unpaired) electrons. The number of rotatable bonds is 9. The zero-order valence-corrected chi connectivity index (χ0v) is 20.4. The number of likely N-dealkylation sites (tertiary alicyclic amines) is 1. The fourth-order valence-corrected chi connectivity index (χ4v) is 5.50. The van der Waals surface area contributed by atoms with Gasteiger partial charge in [0.2, 0.25) is 5.91 Å². The van der Waals surface area contributed by atoms with Crippen molar-refractivity contribution in [2.45, 2.75) is 31.3 Å². The Balaban J connectivity index is 1.34. The molecule has 0 unspecified atom stereocenters. The summed E-state index contributed by atoms with van der Waals surface area (Å²) in [4.78, 5) is 32.7. The molecule has 2 amide bonds. The number of H-pyrrole nitrogens is 1. The van der Waals surface area contributed by atoms with Gasteiger partial charge in [0.25, 0.3) is 5.91 Å². The normalized spacial score (nSPS) is 15.7. The Morgan fingerprint density at radius 2 is 1.74 bits per heavy atom. The van der Waals surface area contributed by atoms with E-state index in [0.29, 0.717) is 17.8 Å². The summed E-state index contributed by atoms with van der Waals surface area (Å²) in [7, 11) is 0. The molecule has 0 aliphatic carbocycles. The third kappa shape index (κ3) is 5.47. The highest BCUT2D eigenvalue weighted by atomic mass is 32.1. The summed E-state index contributed by atoms with van der Waals surface area (Å²) in [6.07, 6.45) is 4.70. The second-order valence-electron chi connectivity index (χ2n) is 8.98. The Bertz CT molecular complexity index is 1260. The summed E-state index contributed by atoms with van der Waals surface area (Å²) < 4.78 is 0. The number of aromatic nitrogens is 1. The molecule has 1 aliphatic rings. The van der Waals surface area contributed by atoms with Crippen LogP contribution in [0.5, 0.6) is 0 Å². The molecule has 1 fully saturated rings. The molecule has 2 aromatic heterocycles. The van der Waals surface area contributed by atoms with Gasteiger partial charge in [0.05, 0.1) is 10.9 Å². The van der Waals surface area contributed by atoms with Crippen LogP contribution < -0.4 is 10.6 Å². The van der Waals surface area contributed by atoms with Crippen molar-refractivity contribution in [2.24, 2.45) is 0 Å². The minimum Gasteiger partial charge on any atom is -0.361 e. The molecule has 6 nitrogen and oxygen atoms in total. The minimum absolute atomic E-state index is 0.115. The average Bonchev–Trinajstić information content (AvgIpc) is 3.67. The van der Waals surface area contributed by atoms with Crippen LogP contribution in [0.4, 0.5) is 0 Å². The zero-order chi connectivity index (χ0) is 24.0. The first kappa shape index (κ1) is 23.3. The van der Waals surface area contributed by atoms with Gasteiger partial charge < -0.3 is 15.6 Å². The lowest BCUT2D eigenvalue weighted by Crippen LogP contribution is -2.49. The van der Waals surface area contributed by atoms with E-state index in [0.717, 1.165) is 29.6 Å². The quantitative estimate of drug-likeness (QED) is 0.325. The van der Waals surface area contributed by atoms with Crippen LogP contribution in [0.15, 0.2) is 78.3 Å². The second kappa shape index (κ2) is 10.9. The van der Waals surface area contributed by atoms with E-state index in [1.807, 2.05) is 60.1 Å². The topological polar surface area (TPSA) is 77.2 Å². The van der Waals surface area contributed by atoms with Crippen LogP contribution >= 0.6 is 11.3 Å². The summed E-state index contributed by atoms with van der Waals surface area (Å²) in [5.74, 6) is -0.389. The number of aromatic amines is 1. The predicted octanol–water partition coefficient (Wildman–Crippen LogP) is 4.52. The van der Waals surface area contributed by atoms with Crippen molar-refractivity contribution in [2.75, 3.05) is 19.6 Å². The Hall–Kier alpha value is -3.42. The van der Waals surface area contributed by atoms with Gasteiger partial charge in [-0.15, -0.1) is 11.3 Å². The molecule has 3 N–H and O–H groups in total. The number of hydrogen-bond acceptors (Lipinski definition) is 4. The molecule has 5 rings (SSSR count). The number of thiophene rings is 1. The fourth-order valence-electron chi connectivity index (χ4n) is 4.87. The zero-order valence-electron chi connectivity index (χ0n) is 19.6. The first-order valence-electron chi connectivity index (χ1n) is 12.1. The van der Waals surface area contributed by atoms with Crippen molar-refractivity contribution in [1.82, 2.24) is 20.5 Å². The van der Waals surface area contributed by atoms with Crippen molar-refractivity contribution in [1.29, 1.82) is 0 Å². The summed E-state index contributed by atoms with van der Waals surface area (Å²) >= 11 is 1.37. The smallest absolute Gasteiger partial charge is 0.262 e. The number of carbonyl (C=O) groups is 2. The summed E-state index contributed by atoms with van der Waals surface area (Å²) in [5, 5.41) is 9.08. The Kier molecular flexibility index (Phi) is 7.25. The molecule has 35 heavy (non-hydrogen) atoms. The van der Waals surface area contributed by atoms with Gasteiger partial charge in [-0.1, -0.05) is 54.6 Å². The third-order valence-electron chi connectivity index (χ3n) is 6.70. The first-order chi connectivity index (χ1) is 17.2. The van der Waals surface area contributed by atoms with E-state index in [4.69, 9.17) is 0 Å². The van der Waals surface area contributed by atoms with Crippen LogP contribution in [0.1, 0.15) is 39.7 Å². The molecule has 0 spiro atoms. The molecule has 0 saturated carbocycles. The SMILES string of the molecule is O=C(N[C@@H](Cc1c[nH]c2ccccc12)C(=O)NC[C@H](c1ccccc1)N1CCCC1)c1cccs1. The van der Waals surface area contributed by atoms with E-state index in [9.17, 15) is 9.59 Å². The molecule has 2 atom stereocenters. The predicted molar refractivity (Wildman–Crippen MR) is 141 cm³/mol. The summed E-state index contributed by atoms with van der Waals surface area (Å²) in [5.41, 5.74) is 3.22. The number of para-hydroxylation sites is 1. The monoisotopic (exact) mass is 486 g/mol. The number of benzene rings is 2. The second-order valence-corrected chi connectivity index (χ2v) is 9.93. The molecule has 4 aromatic rings. The van der Waals surface area contributed by atoms with Crippen LogP contribution in [-0.2, 0) is 11.2 Å².